The summed E-state index contributed by atoms with van der Waals surface area (Å²) in [6.07, 6.45) is 0. The van der Waals surface area contributed by atoms with Gasteiger partial charge in [0.05, 0.1) is 0 Å². The van der Waals surface area contributed by atoms with Crippen LogP contribution in [0, 0.1) is 0 Å². The first-order valence-electron chi connectivity index (χ1n) is 24.1. The Morgan fingerprint density at radius 3 is 1.80 bits per heavy atom. The van der Waals surface area contributed by atoms with Crippen LogP contribution in [0.25, 0.3) is 66.7 Å². The monoisotopic (exact) mass is 927 g/mol. The van der Waals surface area contributed by atoms with Crippen LogP contribution in [0.2, 0.25) is 0 Å². The summed E-state index contributed by atoms with van der Waals surface area (Å²) in [6.45, 7) is 30.6. The van der Waals surface area contributed by atoms with Gasteiger partial charge in [0, 0.05) is 0 Å². The summed E-state index contributed by atoms with van der Waals surface area (Å²) in [5, 5.41) is 2.71. The zero-order chi connectivity index (χ0) is 46.4. The zero-order valence-corrected chi connectivity index (χ0v) is 42.8. The number of fused-ring (bicyclic) bond motifs is 8. The first kappa shape index (κ1) is 43.0. The van der Waals surface area contributed by atoms with Crippen LogP contribution in [0.1, 0.15) is 130 Å². The average Bonchev–Trinajstić information content (AvgIpc) is 3.82. The molecule has 0 fully saturated rings. The Hall–Kier alpha value is -5.61. The minimum atomic E-state index is -0.0143. The molecule has 2 aliphatic heterocycles. The topological polar surface area (TPSA) is 22.8 Å². The molecular weight excluding hydrogens is 864 g/mol. The number of hydrogen-bond donors (Lipinski definition) is 0. The molecule has 3 nitrogen and oxygen atoms in total. The normalized spacial score (nSPS) is 13.7. The molecule has 9 aromatic rings. The Morgan fingerprint density at radius 1 is 0.500 bits per heavy atom. The number of aromatic nitrogens is 3. The van der Waals surface area contributed by atoms with E-state index in [-0.39, 0.29) is 37.9 Å². The van der Waals surface area contributed by atoms with Crippen molar-refractivity contribution in [3.05, 3.63) is 155 Å². The van der Waals surface area contributed by atoms with Gasteiger partial charge in [-0.25, -0.2) is 0 Å². The van der Waals surface area contributed by atoms with E-state index in [0.29, 0.717) is 11.8 Å². The molecule has 0 saturated carbocycles. The summed E-state index contributed by atoms with van der Waals surface area (Å²) in [7, 11) is 0. The maximum absolute atomic E-state index is 5.46. The van der Waals surface area contributed by atoms with E-state index in [0.717, 1.165) is 22.4 Å². The van der Waals surface area contributed by atoms with E-state index in [1.54, 1.807) is 0 Å². The van der Waals surface area contributed by atoms with Crippen molar-refractivity contribution >= 4 is 79.8 Å². The molecule has 0 radical (unpaired) electrons. The van der Waals surface area contributed by atoms with E-state index < -0.39 is 0 Å². The van der Waals surface area contributed by atoms with Gasteiger partial charge in [0.15, 0.2) is 0 Å². The van der Waals surface area contributed by atoms with Gasteiger partial charge in [0.25, 0.3) is 0 Å². The van der Waals surface area contributed by atoms with E-state index in [1.807, 2.05) is 0 Å². The minimum absolute atomic E-state index is 0.0143. The summed E-state index contributed by atoms with van der Waals surface area (Å²) in [4.78, 5) is 5.46. The van der Waals surface area contributed by atoms with Crippen LogP contribution in [-0.4, -0.2) is 35.8 Å². The number of hydrogen-bond acceptors (Lipinski definition) is 1. The Kier molecular flexibility index (Phi) is 9.74. The molecule has 2 aliphatic rings. The van der Waals surface area contributed by atoms with Crippen molar-refractivity contribution in [2.24, 2.45) is 0 Å². The van der Waals surface area contributed by atoms with Crippen molar-refractivity contribution in [3.63, 3.8) is 0 Å². The van der Waals surface area contributed by atoms with Gasteiger partial charge >= 0.3 is 401 Å². The molecule has 0 spiro atoms. The molecule has 2 aromatic heterocycles. The van der Waals surface area contributed by atoms with Gasteiger partial charge in [-0.2, -0.15) is 0 Å². The number of nitrogens with zero attached hydrogens (tertiary/aromatic N) is 3. The van der Waals surface area contributed by atoms with Crippen LogP contribution in [0.4, 0.5) is 0 Å². The van der Waals surface area contributed by atoms with Crippen molar-refractivity contribution in [1.82, 2.24) is 14.1 Å². The van der Waals surface area contributed by atoms with Gasteiger partial charge in [0.2, 0.25) is 0 Å². The third-order valence-electron chi connectivity index (χ3n) is 14.6. The fraction of sp³-hybridized carbons (Fsp3) is 0.295. The van der Waals surface area contributed by atoms with E-state index in [9.17, 15) is 0 Å². The second kappa shape index (κ2) is 14.9. The van der Waals surface area contributed by atoms with Crippen LogP contribution < -0.4 is 25.3 Å². The second-order valence-electron chi connectivity index (χ2n) is 22.9. The molecule has 0 atom stereocenters. The standard InChI is InChI=1S/C61H62BN3Se/c1-35(2)43-20-17-21-44(36(3)4)56(43)65-51-28-38(22-25-49(51)63-58(65)37-18-15-14-16-19-37)39-29-52-55-54(30-39)66-53-27-24-41(60(8,9)10)33-47(53)62(55)48-34-42(61(11,12)13)32-46-45-31-40(59(5,6)7)23-26-50(45)64(52)57(46)48/h14-36H,1-13H3. The van der Waals surface area contributed by atoms with Crippen molar-refractivity contribution < 1.29 is 0 Å². The Morgan fingerprint density at radius 2 is 1.14 bits per heavy atom. The van der Waals surface area contributed by atoms with Crippen LogP contribution in [-0.2, 0) is 16.2 Å². The molecule has 0 bridgehead atoms. The average molecular weight is 927 g/mol. The van der Waals surface area contributed by atoms with E-state index in [2.05, 4.69) is 227 Å². The quantitative estimate of drug-likeness (QED) is 0.158. The summed E-state index contributed by atoms with van der Waals surface area (Å²) in [5.74, 6) is 1.66. The fourth-order valence-electron chi connectivity index (χ4n) is 10.8. The number of rotatable bonds is 5. The van der Waals surface area contributed by atoms with Gasteiger partial charge in [-0.3, -0.25) is 0 Å². The molecule has 0 aliphatic carbocycles. The molecule has 0 N–H and O–H groups in total. The molecule has 11 rings (SSSR count). The third kappa shape index (κ3) is 6.70. The van der Waals surface area contributed by atoms with Crippen molar-refractivity contribution in [2.75, 3.05) is 0 Å². The third-order valence-corrected chi connectivity index (χ3v) is 17.0. The summed E-state index contributed by atoms with van der Waals surface area (Å²) < 4.78 is 8.13. The molecule has 7 aromatic carbocycles. The Labute approximate surface area is 398 Å². The summed E-state index contributed by atoms with van der Waals surface area (Å²) >= 11 is 0.109. The van der Waals surface area contributed by atoms with Crippen LogP contribution in [0.15, 0.2) is 127 Å². The SMILES string of the molecule is CC(C)c1cccc(C(C)C)c1-n1c(-c2ccccc2)nc2ccc(-c3cc4c5c(c3)-n3c6ccc(C(C)(C)C)cc6c6cc(C(C)(C)C)cc(c63)B5c3cc(C(C)(C)C)ccc3[Se]4)cc21. The zero-order valence-electron chi connectivity index (χ0n) is 41.1. The number of benzene rings is 7. The van der Waals surface area contributed by atoms with Gasteiger partial charge in [-0.15, -0.1) is 0 Å². The predicted molar refractivity (Wildman–Crippen MR) is 287 cm³/mol. The molecule has 66 heavy (non-hydrogen) atoms. The summed E-state index contributed by atoms with van der Waals surface area (Å²) in [6, 6.07) is 49.7. The van der Waals surface area contributed by atoms with Crippen LogP contribution in [0.5, 0.6) is 0 Å². The predicted octanol–water partition coefficient (Wildman–Crippen LogP) is 12.4. The molecule has 5 heteroatoms. The van der Waals surface area contributed by atoms with Gasteiger partial charge < -0.3 is 0 Å². The molecule has 0 amide bonds. The van der Waals surface area contributed by atoms with Gasteiger partial charge in [-0.05, 0) is 0 Å². The number of imidazole rings is 1. The second-order valence-corrected chi connectivity index (χ2v) is 25.2. The first-order valence-corrected chi connectivity index (χ1v) is 25.8. The van der Waals surface area contributed by atoms with Gasteiger partial charge in [0.1, 0.15) is 0 Å². The maximum atomic E-state index is 5.46. The molecule has 330 valence electrons. The number of para-hydroxylation sites is 1. The Balaban J connectivity index is 1.23. The van der Waals surface area contributed by atoms with Crippen LogP contribution >= 0.6 is 0 Å². The van der Waals surface area contributed by atoms with E-state index >= 15 is 0 Å². The van der Waals surface area contributed by atoms with Crippen LogP contribution in [0.3, 0.4) is 0 Å². The molecule has 0 saturated heterocycles. The molecular formula is C61H62BN3Se. The van der Waals surface area contributed by atoms with E-state index in [4.69, 9.17) is 4.98 Å². The summed E-state index contributed by atoms with van der Waals surface area (Å²) in [5.41, 5.74) is 22.3. The Bertz CT molecular complexity index is 3430. The first-order chi connectivity index (χ1) is 31.3. The molecule has 0 unspecified atom stereocenters. The molecule has 4 heterocycles. The van der Waals surface area contributed by atoms with Crippen molar-refractivity contribution in [3.8, 4) is 33.9 Å². The van der Waals surface area contributed by atoms with Gasteiger partial charge in [-0.1, -0.05) is 0 Å². The van der Waals surface area contributed by atoms with E-state index in [1.165, 1.54) is 97.4 Å². The fourth-order valence-corrected chi connectivity index (χ4v) is 13.3. The van der Waals surface area contributed by atoms with Crippen molar-refractivity contribution in [2.45, 2.75) is 118 Å². The van der Waals surface area contributed by atoms with Crippen molar-refractivity contribution in [1.29, 1.82) is 0 Å².